The topological polar surface area (TPSA) is 36.4 Å². The van der Waals surface area contributed by atoms with E-state index in [1.54, 1.807) is 12.4 Å². The third-order valence-corrected chi connectivity index (χ3v) is 3.10. The molecule has 1 aliphatic rings. The molecule has 2 rings (SSSR count). The molecule has 0 radical (unpaired) electrons. The molecule has 2 heterocycles. The van der Waals surface area contributed by atoms with Crippen LogP contribution in [0, 0.1) is 0 Å². The predicted molar refractivity (Wildman–Crippen MR) is 54.8 cm³/mol. The highest BCUT2D eigenvalue weighted by Gasteiger charge is 2.40. The minimum absolute atomic E-state index is 0.431. The third kappa shape index (κ3) is 1.53. The normalized spacial score (nSPS) is 33.5. The van der Waals surface area contributed by atoms with Gasteiger partial charge in [0.1, 0.15) is 5.60 Å². The molecule has 0 spiro atoms. The van der Waals surface area contributed by atoms with Gasteiger partial charge in [-0.15, -0.1) is 0 Å². The van der Waals surface area contributed by atoms with Crippen molar-refractivity contribution < 1.29 is 5.11 Å². The molecular formula is C11H16N2O. The van der Waals surface area contributed by atoms with Gasteiger partial charge in [-0.1, -0.05) is 6.07 Å². The summed E-state index contributed by atoms with van der Waals surface area (Å²) < 4.78 is 0. The summed E-state index contributed by atoms with van der Waals surface area (Å²) in [5, 5.41) is 10.4. The lowest BCUT2D eigenvalue weighted by Gasteiger charge is -2.22. The highest BCUT2D eigenvalue weighted by Crippen LogP contribution is 2.34. The maximum Gasteiger partial charge on any atom is 0.105 e. The Balaban J connectivity index is 2.27. The van der Waals surface area contributed by atoms with Crippen molar-refractivity contribution in [3.05, 3.63) is 30.1 Å². The second-order valence-electron chi connectivity index (χ2n) is 4.24. The van der Waals surface area contributed by atoms with Gasteiger partial charge in [0.25, 0.3) is 0 Å². The lowest BCUT2D eigenvalue weighted by molar-refractivity contribution is 0.0482. The first-order valence-corrected chi connectivity index (χ1v) is 4.95. The number of rotatable bonds is 1. The van der Waals surface area contributed by atoms with Gasteiger partial charge in [-0.05, 0) is 26.5 Å². The van der Waals surface area contributed by atoms with Crippen LogP contribution in [0.5, 0.6) is 0 Å². The van der Waals surface area contributed by atoms with Crippen LogP contribution in [0.3, 0.4) is 0 Å². The van der Waals surface area contributed by atoms with Crippen molar-refractivity contribution in [2.75, 3.05) is 13.6 Å². The summed E-state index contributed by atoms with van der Waals surface area (Å²) in [5.74, 6) is 0. The number of β-amino-alcohol motifs (C(OH)–C–C–N with tert-alkyl or cyclic N) is 1. The molecule has 3 nitrogen and oxygen atoms in total. The van der Waals surface area contributed by atoms with Crippen molar-refractivity contribution in [2.24, 2.45) is 0 Å². The van der Waals surface area contributed by atoms with Gasteiger partial charge in [0.15, 0.2) is 0 Å². The molecule has 1 N–H and O–H groups in total. The van der Waals surface area contributed by atoms with Crippen molar-refractivity contribution in [3.63, 3.8) is 0 Å². The van der Waals surface area contributed by atoms with Crippen molar-refractivity contribution in [3.8, 4) is 0 Å². The van der Waals surface area contributed by atoms with Crippen molar-refractivity contribution in [1.29, 1.82) is 0 Å². The number of hydrogen-bond donors (Lipinski definition) is 1. The van der Waals surface area contributed by atoms with Crippen molar-refractivity contribution in [2.45, 2.75) is 25.0 Å². The van der Waals surface area contributed by atoms with E-state index in [1.807, 2.05) is 19.2 Å². The number of aliphatic hydroxyl groups is 1. The van der Waals surface area contributed by atoms with Crippen molar-refractivity contribution >= 4 is 0 Å². The summed E-state index contributed by atoms with van der Waals surface area (Å²) in [7, 11) is 2.04. The summed E-state index contributed by atoms with van der Waals surface area (Å²) in [4.78, 5) is 6.22. The maximum absolute atomic E-state index is 10.4. The molecular weight excluding hydrogens is 176 g/mol. The summed E-state index contributed by atoms with van der Waals surface area (Å²) in [6.07, 6.45) is 4.27. The van der Waals surface area contributed by atoms with Gasteiger partial charge in [-0.25, -0.2) is 0 Å². The molecule has 1 aromatic heterocycles. The van der Waals surface area contributed by atoms with Crippen LogP contribution in [0.1, 0.15) is 18.9 Å². The van der Waals surface area contributed by atoms with E-state index in [1.165, 1.54) is 0 Å². The number of pyridine rings is 1. The predicted octanol–water partition coefficient (Wildman–Crippen LogP) is 0.993. The monoisotopic (exact) mass is 192 g/mol. The fraction of sp³-hybridized carbons (Fsp3) is 0.545. The smallest absolute Gasteiger partial charge is 0.105 e. The lowest BCUT2D eigenvalue weighted by Crippen LogP contribution is -2.29. The van der Waals surface area contributed by atoms with Gasteiger partial charge in [0.05, 0.1) is 0 Å². The first-order chi connectivity index (χ1) is 6.62. The van der Waals surface area contributed by atoms with Crippen LogP contribution in [0.25, 0.3) is 0 Å². The Morgan fingerprint density at radius 2 is 2.43 bits per heavy atom. The molecule has 1 aliphatic heterocycles. The zero-order valence-corrected chi connectivity index (χ0v) is 8.64. The standard InChI is InChI=1S/C11H16N2O/c1-9-6-11(14,8-13(9)2)10-4-3-5-12-7-10/h3-5,7,9,14H,6,8H2,1-2H3. The second-order valence-corrected chi connectivity index (χ2v) is 4.24. The van der Waals surface area contributed by atoms with Gasteiger partial charge < -0.3 is 10.0 Å². The van der Waals surface area contributed by atoms with E-state index in [0.717, 1.165) is 12.0 Å². The van der Waals surface area contributed by atoms with Crippen LogP contribution in [0.2, 0.25) is 0 Å². The first kappa shape index (κ1) is 9.62. The number of likely N-dealkylation sites (tertiary alicyclic amines) is 1. The van der Waals surface area contributed by atoms with Crippen LogP contribution in [-0.2, 0) is 5.60 Å². The van der Waals surface area contributed by atoms with Crippen molar-refractivity contribution in [1.82, 2.24) is 9.88 Å². The molecule has 76 valence electrons. The fourth-order valence-electron chi connectivity index (χ4n) is 2.12. The molecule has 1 fully saturated rings. The van der Waals surface area contributed by atoms with Crippen LogP contribution >= 0.6 is 0 Å². The molecule has 0 aromatic carbocycles. The Hall–Kier alpha value is -0.930. The number of aromatic nitrogens is 1. The zero-order valence-electron chi connectivity index (χ0n) is 8.64. The van der Waals surface area contributed by atoms with Gasteiger partial charge in [0, 0.05) is 30.5 Å². The Morgan fingerprint density at radius 1 is 1.64 bits per heavy atom. The average Bonchev–Trinajstić information content (AvgIpc) is 2.44. The molecule has 2 atom stereocenters. The number of hydrogen-bond acceptors (Lipinski definition) is 3. The molecule has 0 bridgehead atoms. The van der Waals surface area contributed by atoms with Crippen LogP contribution in [-0.4, -0.2) is 34.6 Å². The molecule has 0 saturated carbocycles. The van der Waals surface area contributed by atoms with E-state index in [9.17, 15) is 5.11 Å². The number of likely N-dealkylation sites (N-methyl/N-ethyl adjacent to an activating group) is 1. The maximum atomic E-state index is 10.4. The van der Waals surface area contributed by atoms with E-state index in [-0.39, 0.29) is 0 Å². The Bertz CT molecular complexity index is 302. The molecule has 2 unspecified atom stereocenters. The lowest BCUT2D eigenvalue weighted by atomic mass is 9.93. The van der Waals surface area contributed by atoms with Gasteiger partial charge in [-0.2, -0.15) is 0 Å². The molecule has 1 saturated heterocycles. The highest BCUT2D eigenvalue weighted by atomic mass is 16.3. The molecule has 0 amide bonds. The van der Waals surface area contributed by atoms with E-state index in [4.69, 9.17) is 0 Å². The Morgan fingerprint density at radius 3 is 2.93 bits per heavy atom. The van der Waals surface area contributed by atoms with Gasteiger partial charge in [-0.3, -0.25) is 4.98 Å². The SMILES string of the molecule is CC1CC(O)(c2cccnc2)CN1C. The minimum atomic E-state index is -0.706. The van der Waals surface area contributed by atoms with Gasteiger partial charge in [0.2, 0.25) is 0 Å². The number of nitrogens with zero attached hydrogens (tertiary/aromatic N) is 2. The Labute approximate surface area is 84.4 Å². The summed E-state index contributed by atoms with van der Waals surface area (Å²) in [6.45, 7) is 2.83. The van der Waals surface area contributed by atoms with E-state index in [0.29, 0.717) is 12.6 Å². The molecule has 14 heavy (non-hydrogen) atoms. The van der Waals surface area contributed by atoms with Gasteiger partial charge >= 0.3 is 0 Å². The van der Waals surface area contributed by atoms with Crippen LogP contribution in [0.15, 0.2) is 24.5 Å². The molecule has 3 heteroatoms. The fourth-order valence-corrected chi connectivity index (χ4v) is 2.12. The third-order valence-electron chi connectivity index (χ3n) is 3.10. The molecule has 0 aliphatic carbocycles. The van der Waals surface area contributed by atoms with E-state index < -0.39 is 5.60 Å². The highest BCUT2D eigenvalue weighted by molar-refractivity contribution is 5.21. The molecule has 1 aromatic rings. The first-order valence-electron chi connectivity index (χ1n) is 4.95. The summed E-state index contributed by atoms with van der Waals surface area (Å²) in [6, 6.07) is 4.25. The van der Waals surface area contributed by atoms with Crippen LogP contribution < -0.4 is 0 Å². The average molecular weight is 192 g/mol. The summed E-state index contributed by atoms with van der Waals surface area (Å²) in [5.41, 5.74) is 0.221. The quantitative estimate of drug-likeness (QED) is 0.721. The van der Waals surface area contributed by atoms with E-state index >= 15 is 0 Å². The van der Waals surface area contributed by atoms with Crippen LogP contribution in [0.4, 0.5) is 0 Å². The zero-order chi connectivity index (χ0) is 10.2. The second kappa shape index (κ2) is 3.33. The minimum Gasteiger partial charge on any atom is -0.384 e. The van der Waals surface area contributed by atoms with E-state index in [2.05, 4.69) is 16.8 Å². The summed E-state index contributed by atoms with van der Waals surface area (Å²) >= 11 is 0. The largest absolute Gasteiger partial charge is 0.384 e. The Kier molecular flexibility index (Phi) is 2.29.